The number of nitrogens with one attached hydrogen (secondary N) is 2. The number of nitrogens with zero attached hydrogens (tertiary/aromatic N) is 2. The zero-order valence-electron chi connectivity index (χ0n) is 16.4. The van der Waals surface area contributed by atoms with Gasteiger partial charge in [-0.05, 0) is 68.8 Å². The van der Waals surface area contributed by atoms with Crippen LogP contribution >= 0.6 is 0 Å². The van der Waals surface area contributed by atoms with Gasteiger partial charge in [-0.1, -0.05) is 0 Å². The van der Waals surface area contributed by atoms with Crippen molar-refractivity contribution >= 4 is 22.6 Å². The van der Waals surface area contributed by atoms with Gasteiger partial charge < -0.3 is 19.9 Å². The van der Waals surface area contributed by atoms with Crippen LogP contribution in [0.15, 0.2) is 42.5 Å². The number of carbonyl (C=O) groups is 1. The summed E-state index contributed by atoms with van der Waals surface area (Å²) in [6, 6.07) is 15.5. The van der Waals surface area contributed by atoms with E-state index >= 15 is 0 Å². The number of fused-ring (bicyclic) bond motifs is 1. The van der Waals surface area contributed by atoms with E-state index in [9.17, 15) is 10.1 Å². The highest BCUT2D eigenvalue weighted by Gasteiger charge is 2.18. The van der Waals surface area contributed by atoms with E-state index in [-0.39, 0.29) is 6.03 Å². The molecule has 0 saturated carbocycles. The molecule has 0 aliphatic carbocycles. The van der Waals surface area contributed by atoms with Gasteiger partial charge in [-0.15, -0.1) is 0 Å². The predicted molar refractivity (Wildman–Crippen MR) is 112 cm³/mol. The second-order valence-corrected chi connectivity index (χ2v) is 6.25. The number of hydrogen-bond donors (Lipinski definition) is 2. The number of carbonyl (C=O) groups excluding carboxylic acids is 1. The highest BCUT2D eigenvalue weighted by Crippen LogP contribution is 2.35. The zero-order chi connectivity index (χ0) is 20.1. The van der Waals surface area contributed by atoms with Gasteiger partial charge in [0.2, 0.25) is 0 Å². The van der Waals surface area contributed by atoms with E-state index in [1.165, 1.54) is 0 Å². The molecule has 2 aromatic carbocycles. The molecule has 0 unspecified atom stereocenters. The van der Waals surface area contributed by atoms with Crippen molar-refractivity contribution in [1.82, 2.24) is 9.88 Å². The molecular weight excluding hydrogens is 352 g/mol. The van der Waals surface area contributed by atoms with Crippen molar-refractivity contribution < 1.29 is 9.53 Å². The average molecular weight is 376 g/mol. The van der Waals surface area contributed by atoms with Gasteiger partial charge in [0.15, 0.2) is 0 Å². The molecule has 1 aromatic heterocycles. The summed E-state index contributed by atoms with van der Waals surface area (Å²) in [5.41, 5.74) is 4.06. The number of urea groups is 1. The molecule has 1 heterocycles. The third-order valence-corrected chi connectivity index (χ3v) is 4.53. The Kier molecular flexibility index (Phi) is 5.85. The van der Waals surface area contributed by atoms with Crippen LogP contribution in [-0.4, -0.2) is 23.7 Å². The SMILES string of the molecule is CCNC(=O)Nc1ccc2c(C#N)c(-c3ccc(OCC)cc3)n(CC)c2c1. The summed E-state index contributed by atoms with van der Waals surface area (Å²) >= 11 is 0. The highest BCUT2D eigenvalue weighted by molar-refractivity contribution is 5.98. The monoisotopic (exact) mass is 376 g/mol. The predicted octanol–water partition coefficient (Wildman–Crippen LogP) is 4.74. The molecule has 0 aliphatic heterocycles. The van der Waals surface area contributed by atoms with E-state index in [2.05, 4.69) is 21.3 Å². The number of nitriles is 1. The van der Waals surface area contributed by atoms with Gasteiger partial charge in [0.05, 0.1) is 23.4 Å². The normalized spacial score (nSPS) is 10.5. The summed E-state index contributed by atoms with van der Waals surface area (Å²) in [4.78, 5) is 11.8. The van der Waals surface area contributed by atoms with Crippen LogP contribution in [0.2, 0.25) is 0 Å². The molecule has 6 heteroatoms. The maximum atomic E-state index is 11.8. The number of benzene rings is 2. The summed E-state index contributed by atoms with van der Waals surface area (Å²) in [5, 5.41) is 16.3. The molecule has 3 rings (SSSR count). The topological polar surface area (TPSA) is 79.1 Å². The smallest absolute Gasteiger partial charge is 0.319 e. The minimum Gasteiger partial charge on any atom is -0.494 e. The standard InChI is InChI=1S/C22H24N4O2/c1-4-24-22(27)25-16-9-12-18-19(14-23)21(26(5-2)20(18)13-16)15-7-10-17(11-8-15)28-6-3/h7-13H,4-6H2,1-3H3,(H2,24,25,27). The minimum absolute atomic E-state index is 0.247. The number of rotatable bonds is 6. The molecule has 0 aliphatic rings. The first-order valence-electron chi connectivity index (χ1n) is 9.47. The van der Waals surface area contributed by atoms with Crippen molar-refractivity contribution in [2.45, 2.75) is 27.3 Å². The summed E-state index contributed by atoms with van der Waals surface area (Å²) in [6.45, 7) is 7.73. The fourth-order valence-electron chi connectivity index (χ4n) is 3.38. The Balaban J connectivity index is 2.11. The van der Waals surface area contributed by atoms with Gasteiger partial charge in [-0.25, -0.2) is 4.79 Å². The maximum Gasteiger partial charge on any atom is 0.319 e. The maximum absolute atomic E-state index is 11.8. The van der Waals surface area contributed by atoms with Gasteiger partial charge in [0, 0.05) is 24.2 Å². The van der Waals surface area contributed by atoms with E-state index in [1.54, 1.807) is 0 Å². The first kappa shape index (κ1) is 19.3. The Labute approximate surface area is 164 Å². The average Bonchev–Trinajstić information content (AvgIpc) is 3.01. The Morgan fingerprint density at radius 1 is 1.14 bits per heavy atom. The molecule has 3 aromatic rings. The lowest BCUT2D eigenvalue weighted by Crippen LogP contribution is -2.28. The quantitative estimate of drug-likeness (QED) is 0.652. The third-order valence-electron chi connectivity index (χ3n) is 4.53. The molecule has 28 heavy (non-hydrogen) atoms. The van der Waals surface area contributed by atoms with Gasteiger partial charge in [-0.2, -0.15) is 5.26 Å². The van der Waals surface area contributed by atoms with Gasteiger partial charge in [0.1, 0.15) is 11.8 Å². The van der Waals surface area contributed by atoms with E-state index in [4.69, 9.17) is 4.74 Å². The molecule has 0 radical (unpaired) electrons. The number of anilines is 1. The van der Waals surface area contributed by atoms with Gasteiger partial charge >= 0.3 is 6.03 Å². The van der Waals surface area contributed by atoms with Crippen LogP contribution in [0.25, 0.3) is 22.2 Å². The second kappa shape index (κ2) is 8.49. The third kappa shape index (κ3) is 3.65. The van der Waals surface area contributed by atoms with E-state index < -0.39 is 0 Å². The molecule has 2 N–H and O–H groups in total. The van der Waals surface area contributed by atoms with Crippen LogP contribution in [0, 0.1) is 11.3 Å². The summed E-state index contributed by atoms with van der Waals surface area (Å²) in [6.07, 6.45) is 0. The van der Waals surface area contributed by atoms with Crippen molar-refractivity contribution in [1.29, 1.82) is 5.26 Å². The second-order valence-electron chi connectivity index (χ2n) is 6.25. The summed E-state index contributed by atoms with van der Waals surface area (Å²) < 4.78 is 7.63. The van der Waals surface area contributed by atoms with Crippen molar-refractivity contribution in [2.24, 2.45) is 0 Å². The molecule has 2 amide bonds. The first-order chi connectivity index (χ1) is 13.6. The van der Waals surface area contributed by atoms with Crippen LogP contribution in [0.4, 0.5) is 10.5 Å². The van der Waals surface area contributed by atoms with Crippen LogP contribution in [0.1, 0.15) is 26.3 Å². The lowest BCUT2D eigenvalue weighted by Gasteiger charge is -2.11. The highest BCUT2D eigenvalue weighted by atomic mass is 16.5. The molecule has 0 spiro atoms. The number of ether oxygens (including phenoxy) is 1. The number of hydrogen-bond acceptors (Lipinski definition) is 3. The molecule has 144 valence electrons. The van der Waals surface area contributed by atoms with E-state index in [1.807, 2.05) is 63.2 Å². The van der Waals surface area contributed by atoms with E-state index in [0.717, 1.165) is 27.9 Å². The number of aryl methyl sites for hydroxylation is 1. The molecular formula is C22H24N4O2. The Hall–Kier alpha value is -3.46. The molecule has 0 atom stereocenters. The summed E-state index contributed by atoms with van der Waals surface area (Å²) in [5.74, 6) is 0.803. The molecule has 6 nitrogen and oxygen atoms in total. The Bertz CT molecular complexity index is 1030. The van der Waals surface area contributed by atoms with Crippen molar-refractivity contribution in [3.8, 4) is 23.1 Å². The number of amides is 2. The lowest BCUT2D eigenvalue weighted by molar-refractivity contribution is 0.252. The van der Waals surface area contributed by atoms with Crippen molar-refractivity contribution in [2.75, 3.05) is 18.5 Å². The van der Waals surface area contributed by atoms with Gasteiger partial charge in [-0.3, -0.25) is 0 Å². The first-order valence-corrected chi connectivity index (χ1v) is 9.47. The van der Waals surface area contributed by atoms with Crippen LogP contribution < -0.4 is 15.4 Å². The Morgan fingerprint density at radius 3 is 2.50 bits per heavy atom. The van der Waals surface area contributed by atoms with Crippen LogP contribution in [0.3, 0.4) is 0 Å². The minimum atomic E-state index is -0.247. The fraction of sp³-hybridized carbons (Fsp3) is 0.273. The van der Waals surface area contributed by atoms with Crippen LogP contribution in [0.5, 0.6) is 5.75 Å². The van der Waals surface area contributed by atoms with Crippen LogP contribution in [-0.2, 0) is 6.54 Å². The molecule has 0 fully saturated rings. The Morgan fingerprint density at radius 2 is 1.89 bits per heavy atom. The largest absolute Gasteiger partial charge is 0.494 e. The lowest BCUT2D eigenvalue weighted by atomic mass is 10.1. The zero-order valence-corrected chi connectivity index (χ0v) is 16.4. The van der Waals surface area contributed by atoms with E-state index in [0.29, 0.717) is 30.9 Å². The van der Waals surface area contributed by atoms with Crippen molar-refractivity contribution in [3.05, 3.63) is 48.0 Å². The summed E-state index contributed by atoms with van der Waals surface area (Å²) in [7, 11) is 0. The molecule has 0 saturated heterocycles. The van der Waals surface area contributed by atoms with Crippen molar-refractivity contribution in [3.63, 3.8) is 0 Å². The fourth-order valence-corrected chi connectivity index (χ4v) is 3.38. The number of aromatic nitrogens is 1. The molecule has 0 bridgehead atoms. The van der Waals surface area contributed by atoms with Gasteiger partial charge in [0.25, 0.3) is 0 Å².